The van der Waals surface area contributed by atoms with E-state index in [2.05, 4.69) is 14.7 Å². The summed E-state index contributed by atoms with van der Waals surface area (Å²) in [5, 5.41) is 9.86. The molecule has 0 radical (unpaired) electrons. The van der Waals surface area contributed by atoms with E-state index in [0.717, 1.165) is 17.6 Å². The van der Waals surface area contributed by atoms with Gasteiger partial charge in [-0.3, -0.25) is 0 Å². The maximum absolute atomic E-state index is 12.1. The summed E-state index contributed by atoms with van der Waals surface area (Å²) in [7, 11) is 0. The first kappa shape index (κ1) is 13.3. The lowest BCUT2D eigenvalue weighted by atomic mass is 10.2. The average Bonchev–Trinajstić information content (AvgIpc) is 2.80. The highest BCUT2D eigenvalue weighted by Crippen LogP contribution is 2.33. The molecule has 1 heterocycles. The molecule has 0 bridgehead atoms. The van der Waals surface area contributed by atoms with Crippen molar-refractivity contribution in [2.24, 2.45) is 0 Å². The van der Waals surface area contributed by atoms with Gasteiger partial charge in [-0.25, -0.2) is 4.98 Å². The number of phenols is 1. The van der Waals surface area contributed by atoms with Crippen LogP contribution in [-0.4, -0.2) is 21.4 Å². The Bertz CT molecular complexity index is 763. The first-order valence-electron chi connectivity index (χ1n) is 5.96. The second kappa shape index (κ2) is 4.69. The number of nitrogens with zero attached hydrogens (tertiary/aromatic N) is 1. The fraction of sp³-hybridized carbons (Fsp3) is 0.0714. The topological polar surface area (TPSA) is 58.1 Å². The first-order valence-corrected chi connectivity index (χ1v) is 5.96. The second-order valence-corrected chi connectivity index (χ2v) is 4.33. The monoisotopic (exact) mass is 294 g/mol. The number of hydrogen-bond acceptors (Lipinski definition) is 3. The van der Waals surface area contributed by atoms with Gasteiger partial charge in [0.1, 0.15) is 17.3 Å². The number of ether oxygens (including phenoxy) is 1. The second-order valence-electron chi connectivity index (χ2n) is 4.33. The number of rotatable bonds is 2. The molecular formula is C14H9F3N2O2. The fourth-order valence-electron chi connectivity index (χ4n) is 1.99. The standard InChI is InChI=1S/C14H9F3N2O2/c15-14(16,17)21-8-5-6-9(12(20)7-8)13-18-10-3-1-2-4-11(10)19-13/h1-7,20H,(H,18,19). The number of aromatic nitrogens is 2. The number of aromatic hydroxyl groups is 1. The minimum Gasteiger partial charge on any atom is -0.507 e. The molecule has 3 rings (SSSR count). The van der Waals surface area contributed by atoms with Gasteiger partial charge < -0.3 is 14.8 Å². The van der Waals surface area contributed by atoms with Crippen molar-refractivity contribution < 1.29 is 23.0 Å². The van der Waals surface area contributed by atoms with Gasteiger partial charge in [0.05, 0.1) is 16.6 Å². The van der Waals surface area contributed by atoms with Crippen molar-refractivity contribution in [3.63, 3.8) is 0 Å². The number of benzene rings is 2. The van der Waals surface area contributed by atoms with E-state index in [-0.39, 0.29) is 5.75 Å². The zero-order chi connectivity index (χ0) is 15.0. The molecule has 3 aromatic rings. The van der Waals surface area contributed by atoms with Crippen LogP contribution in [0.1, 0.15) is 0 Å². The van der Waals surface area contributed by atoms with Gasteiger partial charge in [-0.1, -0.05) is 12.1 Å². The number of halogens is 3. The minimum absolute atomic E-state index is 0.292. The van der Waals surface area contributed by atoms with Crippen molar-refractivity contribution in [3.05, 3.63) is 42.5 Å². The van der Waals surface area contributed by atoms with Crippen molar-refractivity contribution >= 4 is 11.0 Å². The van der Waals surface area contributed by atoms with Gasteiger partial charge in [0, 0.05) is 6.07 Å². The minimum atomic E-state index is -4.80. The summed E-state index contributed by atoms with van der Waals surface area (Å²) in [5.41, 5.74) is 1.76. The molecular weight excluding hydrogens is 285 g/mol. The lowest BCUT2D eigenvalue weighted by Gasteiger charge is -2.10. The van der Waals surface area contributed by atoms with Gasteiger partial charge in [-0.15, -0.1) is 13.2 Å². The molecule has 0 unspecified atom stereocenters. The Morgan fingerprint density at radius 2 is 1.86 bits per heavy atom. The molecule has 0 aliphatic carbocycles. The van der Waals surface area contributed by atoms with Crippen molar-refractivity contribution in [3.8, 4) is 22.9 Å². The molecule has 4 nitrogen and oxygen atoms in total. The summed E-state index contributed by atoms with van der Waals surface area (Å²) in [6.07, 6.45) is -4.80. The van der Waals surface area contributed by atoms with E-state index in [1.54, 1.807) is 6.07 Å². The largest absolute Gasteiger partial charge is 0.573 e. The van der Waals surface area contributed by atoms with Crippen LogP contribution in [0, 0.1) is 0 Å². The van der Waals surface area contributed by atoms with Crippen LogP contribution in [0.25, 0.3) is 22.4 Å². The Labute approximate surface area is 116 Å². The summed E-state index contributed by atoms with van der Waals surface area (Å²) in [6.45, 7) is 0. The third-order valence-corrected chi connectivity index (χ3v) is 2.85. The van der Waals surface area contributed by atoms with Crippen molar-refractivity contribution in [1.82, 2.24) is 9.97 Å². The Hall–Kier alpha value is -2.70. The van der Waals surface area contributed by atoms with E-state index >= 15 is 0 Å². The van der Waals surface area contributed by atoms with E-state index in [1.807, 2.05) is 18.2 Å². The van der Waals surface area contributed by atoms with E-state index in [4.69, 9.17) is 0 Å². The summed E-state index contributed by atoms with van der Waals surface area (Å²) in [4.78, 5) is 7.26. The Kier molecular flexibility index (Phi) is 2.97. The average molecular weight is 294 g/mol. The third-order valence-electron chi connectivity index (χ3n) is 2.85. The van der Waals surface area contributed by atoms with Gasteiger partial charge in [0.15, 0.2) is 0 Å². The lowest BCUT2D eigenvalue weighted by Crippen LogP contribution is -2.17. The zero-order valence-electron chi connectivity index (χ0n) is 10.5. The molecule has 0 spiro atoms. The van der Waals surface area contributed by atoms with Crippen LogP contribution in [-0.2, 0) is 0 Å². The number of hydrogen-bond donors (Lipinski definition) is 2. The first-order chi connectivity index (χ1) is 9.92. The van der Waals surface area contributed by atoms with Crippen molar-refractivity contribution in [2.75, 3.05) is 0 Å². The molecule has 0 saturated heterocycles. The summed E-state index contributed by atoms with van der Waals surface area (Å²) >= 11 is 0. The van der Waals surface area contributed by atoms with E-state index in [9.17, 15) is 18.3 Å². The molecule has 0 amide bonds. The van der Waals surface area contributed by atoms with Gasteiger partial charge in [-0.05, 0) is 24.3 Å². The molecule has 0 atom stereocenters. The highest BCUT2D eigenvalue weighted by molar-refractivity contribution is 5.80. The molecule has 0 saturated carbocycles. The smallest absolute Gasteiger partial charge is 0.507 e. The van der Waals surface area contributed by atoms with E-state index in [0.29, 0.717) is 16.9 Å². The number of para-hydroxylation sites is 2. The summed E-state index contributed by atoms with van der Waals surface area (Å²) in [5.74, 6) is -0.470. The van der Waals surface area contributed by atoms with Crippen molar-refractivity contribution in [1.29, 1.82) is 0 Å². The predicted octanol–water partition coefficient (Wildman–Crippen LogP) is 3.83. The number of alkyl halides is 3. The SMILES string of the molecule is Oc1cc(OC(F)(F)F)ccc1-c1nc2ccccc2[nH]1. The van der Waals surface area contributed by atoms with Crippen molar-refractivity contribution in [2.45, 2.75) is 6.36 Å². The fourth-order valence-corrected chi connectivity index (χ4v) is 1.99. The number of H-pyrrole nitrogens is 1. The van der Waals surface area contributed by atoms with Crippen LogP contribution in [0.2, 0.25) is 0 Å². The number of phenolic OH excluding ortho intramolecular Hbond substituents is 1. The predicted molar refractivity (Wildman–Crippen MR) is 69.9 cm³/mol. The Morgan fingerprint density at radius 1 is 1.10 bits per heavy atom. The molecule has 7 heteroatoms. The molecule has 2 aromatic carbocycles. The van der Waals surface area contributed by atoms with Crippen LogP contribution in [0.4, 0.5) is 13.2 Å². The van der Waals surface area contributed by atoms with Gasteiger partial charge in [0.2, 0.25) is 0 Å². The van der Waals surface area contributed by atoms with Gasteiger partial charge >= 0.3 is 6.36 Å². The van der Waals surface area contributed by atoms with Crippen LogP contribution in [0.5, 0.6) is 11.5 Å². The normalized spacial score (nSPS) is 11.8. The van der Waals surface area contributed by atoms with E-state index < -0.39 is 12.1 Å². The molecule has 0 fully saturated rings. The zero-order valence-corrected chi connectivity index (χ0v) is 10.5. The highest BCUT2D eigenvalue weighted by atomic mass is 19.4. The van der Waals surface area contributed by atoms with Crippen LogP contribution in [0.15, 0.2) is 42.5 Å². The van der Waals surface area contributed by atoms with Crippen LogP contribution < -0.4 is 4.74 Å². The molecule has 0 aliphatic heterocycles. The lowest BCUT2D eigenvalue weighted by molar-refractivity contribution is -0.274. The maximum atomic E-state index is 12.1. The number of imidazole rings is 1. The van der Waals surface area contributed by atoms with Gasteiger partial charge in [0.25, 0.3) is 0 Å². The van der Waals surface area contributed by atoms with Crippen LogP contribution >= 0.6 is 0 Å². The van der Waals surface area contributed by atoms with E-state index in [1.165, 1.54) is 6.07 Å². The highest BCUT2D eigenvalue weighted by Gasteiger charge is 2.31. The molecule has 0 aliphatic rings. The number of aromatic amines is 1. The van der Waals surface area contributed by atoms with Crippen LogP contribution in [0.3, 0.4) is 0 Å². The molecule has 1 aromatic heterocycles. The maximum Gasteiger partial charge on any atom is 0.573 e. The summed E-state index contributed by atoms with van der Waals surface area (Å²) in [6, 6.07) is 10.6. The van der Waals surface area contributed by atoms with Gasteiger partial charge in [-0.2, -0.15) is 0 Å². The Morgan fingerprint density at radius 3 is 2.52 bits per heavy atom. The summed E-state index contributed by atoms with van der Waals surface area (Å²) < 4.78 is 40.1. The number of fused-ring (bicyclic) bond motifs is 1. The third kappa shape index (κ3) is 2.76. The molecule has 108 valence electrons. The molecule has 21 heavy (non-hydrogen) atoms. The molecule has 2 N–H and O–H groups in total. The quantitative estimate of drug-likeness (QED) is 0.755. The number of nitrogens with one attached hydrogen (secondary N) is 1. The Balaban J connectivity index is 1.99.